The van der Waals surface area contributed by atoms with Gasteiger partial charge in [-0.25, -0.2) is 0 Å². The quantitative estimate of drug-likeness (QED) is 0.722. The summed E-state index contributed by atoms with van der Waals surface area (Å²) in [5.41, 5.74) is 3.61. The molecule has 0 aliphatic rings. The van der Waals surface area contributed by atoms with E-state index in [4.69, 9.17) is 5.26 Å². The molecule has 18 heavy (non-hydrogen) atoms. The topological polar surface area (TPSA) is 23.8 Å². The Labute approximate surface area is 108 Å². The van der Waals surface area contributed by atoms with Crippen LogP contribution in [0.2, 0.25) is 0 Å². The zero-order chi connectivity index (χ0) is 12.6. The molecule has 0 heterocycles. The number of nitriles is 1. The highest BCUT2D eigenvalue weighted by Gasteiger charge is 1.97. The second kappa shape index (κ2) is 6.42. The van der Waals surface area contributed by atoms with E-state index < -0.39 is 0 Å². The lowest BCUT2D eigenvalue weighted by molar-refractivity contribution is 1.01. The lowest BCUT2D eigenvalue weighted by Gasteiger charge is -2.03. The van der Waals surface area contributed by atoms with Crippen molar-refractivity contribution in [3.05, 3.63) is 71.3 Å². The number of rotatable bonds is 4. The molecule has 0 atom stereocenters. The minimum atomic E-state index is 0.566. The molecule has 88 valence electrons. The number of aryl methyl sites for hydroxylation is 1. The predicted octanol–water partition coefficient (Wildman–Crippen LogP) is 4.31. The lowest BCUT2D eigenvalue weighted by Crippen LogP contribution is -1.87. The first-order valence-electron chi connectivity index (χ1n) is 6.08. The van der Waals surface area contributed by atoms with E-state index in [2.05, 4.69) is 42.5 Å². The summed E-state index contributed by atoms with van der Waals surface area (Å²) in [4.78, 5) is 0. The zero-order valence-electron chi connectivity index (χ0n) is 10.2. The highest BCUT2D eigenvalue weighted by atomic mass is 14.2. The molecule has 2 aromatic rings. The molecular formula is C17H15N. The van der Waals surface area contributed by atoms with Gasteiger partial charge in [-0.3, -0.25) is 0 Å². The molecule has 0 spiro atoms. The van der Waals surface area contributed by atoms with Crippen molar-refractivity contribution in [2.75, 3.05) is 0 Å². The first-order valence-corrected chi connectivity index (χ1v) is 6.08. The Bertz CT molecular complexity index is 562. The van der Waals surface area contributed by atoms with E-state index in [-0.39, 0.29) is 0 Å². The van der Waals surface area contributed by atoms with Gasteiger partial charge < -0.3 is 0 Å². The average Bonchev–Trinajstić information content (AvgIpc) is 2.45. The molecule has 2 rings (SSSR count). The van der Waals surface area contributed by atoms with Crippen molar-refractivity contribution in [1.29, 1.82) is 5.26 Å². The summed E-state index contributed by atoms with van der Waals surface area (Å²) >= 11 is 0. The van der Waals surface area contributed by atoms with Crippen molar-refractivity contribution in [2.24, 2.45) is 0 Å². The van der Waals surface area contributed by atoms with Crippen molar-refractivity contribution in [2.45, 2.75) is 12.8 Å². The van der Waals surface area contributed by atoms with E-state index in [1.54, 1.807) is 0 Å². The van der Waals surface area contributed by atoms with Crippen LogP contribution in [0.5, 0.6) is 0 Å². The molecule has 1 heteroatoms. The van der Waals surface area contributed by atoms with E-state index in [0.717, 1.165) is 6.42 Å². The van der Waals surface area contributed by atoms with Crippen LogP contribution in [0.3, 0.4) is 0 Å². The minimum Gasteiger partial charge on any atom is -0.198 e. The number of hydrogen-bond donors (Lipinski definition) is 0. The second-order valence-electron chi connectivity index (χ2n) is 4.10. The summed E-state index contributed by atoms with van der Waals surface area (Å²) < 4.78 is 0. The van der Waals surface area contributed by atoms with Gasteiger partial charge >= 0.3 is 0 Å². The zero-order valence-corrected chi connectivity index (χ0v) is 10.2. The van der Waals surface area contributed by atoms with Crippen LogP contribution in [0, 0.1) is 11.3 Å². The van der Waals surface area contributed by atoms with Gasteiger partial charge in [0, 0.05) is 6.42 Å². The molecule has 0 amide bonds. The smallest absolute Gasteiger partial charge is 0.0625 e. The van der Waals surface area contributed by atoms with Crippen LogP contribution in [-0.2, 0) is 6.42 Å². The van der Waals surface area contributed by atoms with Crippen LogP contribution >= 0.6 is 0 Å². The van der Waals surface area contributed by atoms with E-state index in [1.165, 1.54) is 16.7 Å². The average molecular weight is 233 g/mol. The molecule has 0 aromatic heterocycles. The van der Waals surface area contributed by atoms with Gasteiger partial charge in [-0.1, -0.05) is 66.7 Å². The monoisotopic (exact) mass is 233 g/mol. The molecule has 0 saturated heterocycles. The molecule has 0 bridgehead atoms. The first-order chi connectivity index (χ1) is 8.90. The molecule has 0 fully saturated rings. The molecule has 0 aliphatic carbocycles. The van der Waals surface area contributed by atoms with Crippen LogP contribution in [0.25, 0.3) is 12.2 Å². The summed E-state index contributed by atoms with van der Waals surface area (Å²) in [5, 5.41) is 8.66. The predicted molar refractivity (Wildman–Crippen MR) is 75.7 cm³/mol. The summed E-state index contributed by atoms with van der Waals surface area (Å²) in [7, 11) is 0. The summed E-state index contributed by atoms with van der Waals surface area (Å²) in [6.07, 6.45) is 5.59. The van der Waals surface area contributed by atoms with Gasteiger partial charge in [0.1, 0.15) is 0 Å². The van der Waals surface area contributed by atoms with Gasteiger partial charge in [0.15, 0.2) is 0 Å². The van der Waals surface area contributed by atoms with Crippen LogP contribution in [0.1, 0.15) is 23.1 Å². The van der Waals surface area contributed by atoms with Gasteiger partial charge in [-0.2, -0.15) is 5.26 Å². The maximum absolute atomic E-state index is 8.66. The summed E-state index contributed by atoms with van der Waals surface area (Å²) in [6.45, 7) is 0. The van der Waals surface area contributed by atoms with Gasteiger partial charge in [0.05, 0.1) is 6.07 Å². The van der Waals surface area contributed by atoms with Crippen molar-refractivity contribution in [3.63, 3.8) is 0 Å². The fourth-order valence-electron chi connectivity index (χ4n) is 1.87. The highest BCUT2D eigenvalue weighted by molar-refractivity contribution is 5.71. The second-order valence-corrected chi connectivity index (χ2v) is 4.10. The number of benzene rings is 2. The maximum atomic E-state index is 8.66. The Balaban J connectivity index is 2.19. The van der Waals surface area contributed by atoms with Gasteiger partial charge in [0.25, 0.3) is 0 Å². The van der Waals surface area contributed by atoms with Gasteiger partial charge in [0.2, 0.25) is 0 Å². The first kappa shape index (κ1) is 12.1. The highest BCUT2D eigenvalue weighted by Crippen LogP contribution is 2.14. The summed E-state index contributed by atoms with van der Waals surface area (Å²) in [6, 6.07) is 20.6. The summed E-state index contributed by atoms with van der Waals surface area (Å²) in [5.74, 6) is 0. The normalized spacial score (nSPS) is 10.4. The SMILES string of the molecule is N#CCCc1ccccc1/C=C/c1ccccc1. The van der Waals surface area contributed by atoms with Gasteiger partial charge in [-0.05, 0) is 23.1 Å². The maximum Gasteiger partial charge on any atom is 0.0625 e. The third-order valence-electron chi connectivity index (χ3n) is 2.82. The number of nitrogens with zero attached hydrogens (tertiary/aromatic N) is 1. The van der Waals surface area contributed by atoms with E-state index in [0.29, 0.717) is 6.42 Å². The Morgan fingerprint density at radius 3 is 2.39 bits per heavy atom. The fraction of sp³-hybridized carbons (Fsp3) is 0.118. The molecule has 0 saturated carbocycles. The molecule has 0 aliphatic heterocycles. The largest absolute Gasteiger partial charge is 0.198 e. The Morgan fingerprint density at radius 1 is 0.889 bits per heavy atom. The van der Waals surface area contributed by atoms with Crippen molar-refractivity contribution in [1.82, 2.24) is 0 Å². The van der Waals surface area contributed by atoms with Crippen molar-refractivity contribution in [3.8, 4) is 6.07 Å². The molecule has 0 radical (unpaired) electrons. The van der Waals surface area contributed by atoms with E-state index in [9.17, 15) is 0 Å². The van der Waals surface area contributed by atoms with Crippen molar-refractivity contribution < 1.29 is 0 Å². The third kappa shape index (κ3) is 3.33. The molecular weight excluding hydrogens is 218 g/mol. The van der Waals surface area contributed by atoms with Gasteiger partial charge in [-0.15, -0.1) is 0 Å². The molecule has 0 N–H and O–H groups in total. The standard InChI is InChI=1S/C17H15N/c18-14-6-11-16-9-4-5-10-17(16)13-12-15-7-2-1-3-8-15/h1-5,7-10,12-13H,6,11H2/b13-12+. The van der Waals surface area contributed by atoms with Crippen molar-refractivity contribution >= 4 is 12.2 Å². The Hall–Kier alpha value is -2.33. The Morgan fingerprint density at radius 2 is 1.61 bits per heavy atom. The van der Waals surface area contributed by atoms with Crippen LogP contribution in [0.4, 0.5) is 0 Å². The van der Waals surface area contributed by atoms with E-state index >= 15 is 0 Å². The molecule has 1 nitrogen and oxygen atoms in total. The van der Waals surface area contributed by atoms with E-state index in [1.807, 2.05) is 30.3 Å². The number of hydrogen-bond acceptors (Lipinski definition) is 1. The van der Waals surface area contributed by atoms with Crippen LogP contribution < -0.4 is 0 Å². The fourth-order valence-corrected chi connectivity index (χ4v) is 1.87. The van der Waals surface area contributed by atoms with Crippen LogP contribution in [-0.4, -0.2) is 0 Å². The van der Waals surface area contributed by atoms with Crippen LogP contribution in [0.15, 0.2) is 54.6 Å². The molecule has 0 unspecified atom stereocenters. The molecule has 2 aromatic carbocycles. The lowest BCUT2D eigenvalue weighted by atomic mass is 10.0. The Kier molecular flexibility index (Phi) is 4.33. The minimum absolute atomic E-state index is 0.566. The third-order valence-corrected chi connectivity index (χ3v) is 2.82.